The zero-order valence-electron chi connectivity index (χ0n) is 8.21. The lowest BCUT2D eigenvalue weighted by Gasteiger charge is -2.28. The van der Waals surface area contributed by atoms with Crippen LogP contribution < -0.4 is 0 Å². The van der Waals surface area contributed by atoms with E-state index in [0.717, 1.165) is 0 Å². The zero-order valence-corrected chi connectivity index (χ0v) is 8.21. The summed E-state index contributed by atoms with van der Waals surface area (Å²) in [6.45, 7) is 5.52. The van der Waals surface area contributed by atoms with Crippen LogP contribution in [0, 0.1) is 11.7 Å². The lowest BCUT2D eigenvalue weighted by Crippen LogP contribution is -2.27. The van der Waals surface area contributed by atoms with Crippen LogP contribution in [0.15, 0.2) is 24.3 Å². The van der Waals surface area contributed by atoms with Crippen LogP contribution in [-0.2, 0) is 5.60 Å². The topological polar surface area (TPSA) is 20.2 Å². The van der Waals surface area contributed by atoms with Gasteiger partial charge < -0.3 is 5.11 Å². The first-order valence-corrected chi connectivity index (χ1v) is 4.43. The summed E-state index contributed by atoms with van der Waals surface area (Å²) in [5.41, 5.74) is -0.329. The fourth-order valence-corrected chi connectivity index (χ4v) is 1.14. The monoisotopic (exact) mass is 182 g/mol. The number of benzene rings is 1. The molecule has 0 heterocycles. The molecule has 0 bridgehead atoms. The molecule has 1 N–H and O–H groups in total. The fraction of sp³-hybridized carbons (Fsp3) is 0.455. The van der Waals surface area contributed by atoms with Gasteiger partial charge in [0.05, 0.1) is 5.60 Å². The Morgan fingerprint density at radius 2 is 2.00 bits per heavy atom. The predicted molar refractivity (Wildman–Crippen MR) is 50.8 cm³/mol. The van der Waals surface area contributed by atoms with Crippen LogP contribution in [0.2, 0.25) is 0 Å². The molecule has 0 aromatic heterocycles. The lowest BCUT2D eigenvalue weighted by molar-refractivity contribution is 0.00878. The number of halogens is 1. The summed E-state index contributed by atoms with van der Waals surface area (Å²) in [5.74, 6) is -0.243. The highest BCUT2D eigenvalue weighted by Gasteiger charge is 2.27. The van der Waals surface area contributed by atoms with E-state index in [2.05, 4.69) is 0 Å². The van der Waals surface area contributed by atoms with E-state index in [0.29, 0.717) is 5.56 Å². The molecule has 1 rings (SSSR count). The summed E-state index contributed by atoms with van der Waals surface area (Å²) in [7, 11) is 0. The maximum Gasteiger partial charge on any atom is 0.123 e. The number of rotatable bonds is 2. The van der Waals surface area contributed by atoms with Gasteiger partial charge in [0, 0.05) is 0 Å². The van der Waals surface area contributed by atoms with Crippen molar-refractivity contribution in [1.82, 2.24) is 0 Å². The Balaban J connectivity index is 3.07. The van der Waals surface area contributed by atoms with E-state index >= 15 is 0 Å². The van der Waals surface area contributed by atoms with E-state index in [1.54, 1.807) is 19.1 Å². The van der Waals surface area contributed by atoms with Gasteiger partial charge in [-0.15, -0.1) is 0 Å². The Hall–Kier alpha value is -0.890. The molecule has 0 radical (unpaired) electrons. The molecule has 0 spiro atoms. The van der Waals surface area contributed by atoms with Crippen molar-refractivity contribution in [2.45, 2.75) is 26.4 Å². The Kier molecular flexibility index (Phi) is 2.71. The van der Waals surface area contributed by atoms with E-state index in [-0.39, 0.29) is 11.7 Å². The van der Waals surface area contributed by atoms with Crippen molar-refractivity contribution in [3.8, 4) is 0 Å². The molecular weight excluding hydrogens is 167 g/mol. The summed E-state index contributed by atoms with van der Waals surface area (Å²) >= 11 is 0. The average molecular weight is 182 g/mol. The highest BCUT2D eigenvalue weighted by molar-refractivity contribution is 5.22. The van der Waals surface area contributed by atoms with Gasteiger partial charge in [0.1, 0.15) is 5.82 Å². The Bertz CT molecular complexity index is 292. The molecule has 0 aliphatic rings. The quantitative estimate of drug-likeness (QED) is 0.745. The number of hydrogen-bond donors (Lipinski definition) is 1. The van der Waals surface area contributed by atoms with Crippen LogP contribution in [0.1, 0.15) is 26.3 Å². The minimum Gasteiger partial charge on any atom is -0.385 e. The van der Waals surface area contributed by atoms with Crippen molar-refractivity contribution in [2.24, 2.45) is 5.92 Å². The Morgan fingerprint density at radius 1 is 1.38 bits per heavy atom. The Morgan fingerprint density at radius 3 is 2.46 bits per heavy atom. The maximum absolute atomic E-state index is 12.8. The molecule has 0 amide bonds. The van der Waals surface area contributed by atoms with Gasteiger partial charge in [0.15, 0.2) is 0 Å². The third-order valence-electron chi connectivity index (χ3n) is 2.53. The average Bonchev–Trinajstić information content (AvgIpc) is 2.04. The van der Waals surface area contributed by atoms with Crippen LogP contribution in [0.25, 0.3) is 0 Å². The zero-order chi connectivity index (χ0) is 10.1. The normalized spacial score (nSPS) is 15.8. The van der Waals surface area contributed by atoms with Crippen molar-refractivity contribution in [2.75, 3.05) is 0 Å². The van der Waals surface area contributed by atoms with Crippen LogP contribution in [-0.4, -0.2) is 5.11 Å². The van der Waals surface area contributed by atoms with Crippen molar-refractivity contribution < 1.29 is 9.50 Å². The van der Waals surface area contributed by atoms with Gasteiger partial charge in [-0.25, -0.2) is 4.39 Å². The minimum absolute atomic E-state index is 0.0642. The van der Waals surface area contributed by atoms with Gasteiger partial charge in [-0.1, -0.05) is 26.0 Å². The minimum atomic E-state index is -0.956. The van der Waals surface area contributed by atoms with Crippen LogP contribution in [0.5, 0.6) is 0 Å². The molecule has 1 atom stereocenters. The van der Waals surface area contributed by atoms with Crippen LogP contribution >= 0.6 is 0 Å². The highest BCUT2D eigenvalue weighted by atomic mass is 19.1. The summed E-state index contributed by atoms with van der Waals surface area (Å²) in [5, 5.41) is 10.0. The molecule has 1 aromatic rings. The molecule has 1 nitrogen and oxygen atoms in total. The van der Waals surface area contributed by atoms with Crippen molar-refractivity contribution >= 4 is 0 Å². The third-order valence-corrected chi connectivity index (χ3v) is 2.53. The summed E-state index contributed by atoms with van der Waals surface area (Å²) in [4.78, 5) is 0. The molecular formula is C11H15FO. The summed E-state index contributed by atoms with van der Waals surface area (Å²) in [6, 6.07) is 6.10. The van der Waals surface area contributed by atoms with Gasteiger partial charge in [-0.3, -0.25) is 0 Å². The van der Waals surface area contributed by atoms with Crippen molar-refractivity contribution in [3.05, 3.63) is 35.6 Å². The second kappa shape index (κ2) is 3.46. The summed E-state index contributed by atoms with van der Waals surface area (Å²) < 4.78 is 12.8. The van der Waals surface area contributed by atoms with Gasteiger partial charge in [0.25, 0.3) is 0 Å². The van der Waals surface area contributed by atoms with Gasteiger partial charge in [-0.2, -0.15) is 0 Å². The van der Waals surface area contributed by atoms with Gasteiger partial charge in [-0.05, 0) is 30.5 Å². The third kappa shape index (κ3) is 2.07. The predicted octanol–water partition coefficient (Wildman–Crippen LogP) is 2.69. The van der Waals surface area contributed by atoms with Crippen LogP contribution in [0.3, 0.4) is 0 Å². The molecule has 0 saturated carbocycles. The molecule has 0 saturated heterocycles. The van der Waals surface area contributed by atoms with Crippen molar-refractivity contribution in [3.63, 3.8) is 0 Å². The molecule has 2 heteroatoms. The van der Waals surface area contributed by atoms with E-state index < -0.39 is 5.60 Å². The Labute approximate surface area is 78.2 Å². The van der Waals surface area contributed by atoms with E-state index in [9.17, 15) is 9.50 Å². The number of aliphatic hydroxyl groups is 1. The van der Waals surface area contributed by atoms with Gasteiger partial charge in [0.2, 0.25) is 0 Å². The SMILES string of the molecule is CC(C)[C@@](C)(O)c1cccc(F)c1. The molecule has 0 aliphatic heterocycles. The van der Waals surface area contributed by atoms with Gasteiger partial charge >= 0.3 is 0 Å². The molecule has 0 unspecified atom stereocenters. The molecule has 0 fully saturated rings. The second-order valence-electron chi connectivity index (χ2n) is 3.81. The standard InChI is InChI=1S/C11H15FO/c1-8(2)11(3,13)9-5-4-6-10(12)7-9/h4-8,13H,1-3H3/t11-/m1/s1. The van der Waals surface area contributed by atoms with E-state index in [1.807, 2.05) is 13.8 Å². The largest absolute Gasteiger partial charge is 0.385 e. The first-order valence-electron chi connectivity index (χ1n) is 4.43. The molecule has 1 aromatic carbocycles. The molecule has 13 heavy (non-hydrogen) atoms. The van der Waals surface area contributed by atoms with Crippen molar-refractivity contribution in [1.29, 1.82) is 0 Å². The van der Waals surface area contributed by atoms with E-state index in [1.165, 1.54) is 12.1 Å². The summed E-state index contributed by atoms with van der Waals surface area (Å²) in [6.07, 6.45) is 0. The molecule has 72 valence electrons. The smallest absolute Gasteiger partial charge is 0.123 e. The number of hydrogen-bond acceptors (Lipinski definition) is 1. The first-order chi connectivity index (χ1) is 5.94. The highest BCUT2D eigenvalue weighted by Crippen LogP contribution is 2.28. The fourth-order valence-electron chi connectivity index (χ4n) is 1.14. The van der Waals surface area contributed by atoms with E-state index in [4.69, 9.17) is 0 Å². The lowest BCUT2D eigenvalue weighted by atomic mass is 9.85. The first kappa shape index (κ1) is 10.2. The molecule has 0 aliphatic carbocycles. The van der Waals surface area contributed by atoms with Crippen LogP contribution in [0.4, 0.5) is 4.39 Å². The maximum atomic E-state index is 12.8. The second-order valence-corrected chi connectivity index (χ2v) is 3.81.